The van der Waals surface area contributed by atoms with Gasteiger partial charge in [-0.2, -0.15) is 0 Å². The molecule has 2 unspecified atom stereocenters. The van der Waals surface area contributed by atoms with E-state index >= 15 is 0 Å². The Labute approximate surface area is 107 Å². The van der Waals surface area contributed by atoms with Gasteiger partial charge >= 0.3 is 0 Å². The summed E-state index contributed by atoms with van der Waals surface area (Å²) >= 11 is 6.05. The van der Waals surface area contributed by atoms with Crippen molar-refractivity contribution in [2.45, 2.75) is 32.4 Å². The van der Waals surface area contributed by atoms with Gasteiger partial charge in [0.15, 0.2) is 0 Å². The molecule has 1 aromatic carbocycles. The Kier molecular flexibility index (Phi) is 3.79. The molecule has 2 N–H and O–H groups in total. The fourth-order valence-corrected chi connectivity index (χ4v) is 2.41. The Morgan fingerprint density at radius 2 is 2.29 bits per heavy atom. The van der Waals surface area contributed by atoms with E-state index in [1.807, 2.05) is 18.2 Å². The number of benzene rings is 1. The number of anilines is 2. The van der Waals surface area contributed by atoms with Crippen LogP contribution in [0.4, 0.5) is 11.4 Å². The van der Waals surface area contributed by atoms with E-state index in [1.165, 1.54) is 0 Å². The van der Waals surface area contributed by atoms with E-state index in [4.69, 9.17) is 22.1 Å². The smallest absolute Gasteiger partial charge is 0.0723 e. The summed E-state index contributed by atoms with van der Waals surface area (Å²) in [6.45, 7) is 5.87. The average molecular weight is 255 g/mol. The van der Waals surface area contributed by atoms with Crippen molar-refractivity contribution in [1.29, 1.82) is 0 Å². The molecule has 1 aliphatic heterocycles. The molecule has 2 atom stereocenters. The van der Waals surface area contributed by atoms with Crippen molar-refractivity contribution in [3.8, 4) is 0 Å². The predicted molar refractivity (Wildman–Crippen MR) is 72.7 cm³/mol. The molecule has 94 valence electrons. The lowest BCUT2D eigenvalue weighted by atomic mass is 10.1. The van der Waals surface area contributed by atoms with Crippen molar-refractivity contribution in [3.63, 3.8) is 0 Å². The van der Waals surface area contributed by atoms with E-state index in [0.717, 1.165) is 36.0 Å². The molecule has 0 spiro atoms. The second-order valence-electron chi connectivity index (χ2n) is 4.56. The van der Waals surface area contributed by atoms with Crippen molar-refractivity contribution >= 4 is 23.0 Å². The minimum Gasteiger partial charge on any atom is -0.397 e. The van der Waals surface area contributed by atoms with Crippen LogP contribution in [0, 0.1) is 0 Å². The Morgan fingerprint density at radius 1 is 1.53 bits per heavy atom. The third-order valence-corrected chi connectivity index (χ3v) is 3.48. The van der Waals surface area contributed by atoms with E-state index < -0.39 is 0 Å². The van der Waals surface area contributed by atoms with Crippen LogP contribution in [0.1, 0.15) is 20.3 Å². The van der Waals surface area contributed by atoms with Gasteiger partial charge in [-0.3, -0.25) is 0 Å². The van der Waals surface area contributed by atoms with Crippen LogP contribution < -0.4 is 10.6 Å². The second-order valence-corrected chi connectivity index (χ2v) is 5.00. The molecule has 0 amide bonds. The first-order chi connectivity index (χ1) is 8.11. The van der Waals surface area contributed by atoms with Crippen LogP contribution in [0.25, 0.3) is 0 Å². The van der Waals surface area contributed by atoms with Gasteiger partial charge in [-0.25, -0.2) is 0 Å². The molecule has 1 saturated heterocycles. The number of rotatable bonds is 2. The SMILES string of the molecule is CCC1COC(C)CN1c1cc(Cl)ccc1N. The van der Waals surface area contributed by atoms with Crippen LogP contribution in [0.2, 0.25) is 5.02 Å². The molecule has 0 saturated carbocycles. The molecule has 4 heteroatoms. The summed E-state index contributed by atoms with van der Waals surface area (Å²) in [6, 6.07) is 6.01. The standard InChI is InChI=1S/C13H19ClN2O/c1-3-11-8-17-9(2)7-16(11)13-6-10(14)4-5-12(13)15/h4-6,9,11H,3,7-8,15H2,1-2H3. The zero-order valence-corrected chi connectivity index (χ0v) is 11.1. The fraction of sp³-hybridized carbons (Fsp3) is 0.538. The van der Waals surface area contributed by atoms with Gasteiger partial charge in [0, 0.05) is 11.6 Å². The normalized spacial score (nSPS) is 25.0. The van der Waals surface area contributed by atoms with Gasteiger partial charge in [0.05, 0.1) is 30.1 Å². The highest BCUT2D eigenvalue weighted by Crippen LogP contribution is 2.31. The van der Waals surface area contributed by atoms with Gasteiger partial charge in [-0.05, 0) is 31.5 Å². The summed E-state index contributed by atoms with van der Waals surface area (Å²) in [5.41, 5.74) is 7.85. The van der Waals surface area contributed by atoms with Crippen LogP contribution in [0.5, 0.6) is 0 Å². The maximum absolute atomic E-state index is 6.05. The summed E-state index contributed by atoms with van der Waals surface area (Å²) in [5.74, 6) is 0. The number of ether oxygens (including phenoxy) is 1. The molecule has 0 radical (unpaired) electrons. The number of nitrogen functional groups attached to an aromatic ring is 1. The van der Waals surface area contributed by atoms with E-state index in [1.54, 1.807) is 0 Å². The first kappa shape index (κ1) is 12.5. The number of morpholine rings is 1. The first-order valence-electron chi connectivity index (χ1n) is 6.05. The maximum atomic E-state index is 6.05. The van der Waals surface area contributed by atoms with Crippen LogP contribution in [-0.4, -0.2) is 25.3 Å². The van der Waals surface area contributed by atoms with Crippen LogP contribution >= 0.6 is 11.6 Å². The fourth-order valence-electron chi connectivity index (χ4n) is 2.24. The molecule has 0 aromatic heterocycles. The van der Waals surface area contributed by atoms with E-state index in [-0.39, 0.29) is 6.10 Å². The number of nitrogens with zero attached hydrogens (tertiary/aromatic N) is 1. The van der Waals surface area contributed by atoms with Gasteiger partial charge < -0.3 is 15.4 Å². The molecule has 17 heavy (non-hydrogen) atoms. The lowest BCUT2D eigenvalue weighted by Crippen LogP contribution is -2.48. The Bertz CT molecular complexity index is 397. The number of halogens is 1. The highest BCUT2D eigenvalue weighted by atomic mass is 35.5. The van der Waals surface area contributed by atoms with Gasteiger partial charge in [0.2, 0.25) is 0 Å². The number of nitrogens with two attached hydrogens (primary N) is 1. The van der Waals surface area contributed by atoms with E-state index in [0.29, 0.717) is 6.04 Å². The molecule has 0 aliphatic carbocycles. The van der Waals surface area contributed by atoms with Gasteiger partial charge in [-0.15, -0.1) is 0 Å². The third kappa shape index (κ3) is 2.67. The zero-order chi connectivity index (χ0) is 12.4. The molecule has 0 bridgehead atoms. The number of hydrogen-bond donors (Lipinski definition) is 1. The van der Waals surface area contributed by atoms with Crippen molar-refractivity contribution in [3.05, 3.63) is 23.2 Å². The monoisotopic (exact) mass is 254 g/mol. The topological polar surface area (TPSA) is 38.5 Å². The van der Waals surface area contributed by atoms with Gasteiger partial charge in [0.25, 0.3) is 0 Å². The highest BCUT2D eigenvalue weighted by Gasteiger charge is 2.26. The van der Waals surface area contributed by atoms with Crippen LogP contribution in [0.15, 0.2) is 18.2 Å². The molecule has 1 aromatic rings. The summed E-state index contributed by atoms with van der Waals surface area (Å²) < 4.78 is 5.69. The highest BCUT2D eigenvalue weighted by molar-refractivity contribution is 6.31. The lowest BCUT2D eigenvalue weighted by molar-refractivity contribution is 0.0300. The zero-order valence-electron chi connectivity index (χ0n) is 10.3. The summed E-state index contributed by atoms with van der Waals surface area (Å²) in [6.07, 6.45) is 1.27. The van der Waals surface area contributed by atoms with E-state index in [9.17, 15) is 0 Å². The average Bonchev–Trinajstić information content (AvgIpc) is 2.32. The molecule has 1 aliphatic rings. The second kappa shape index (κ2) is 5.15. The Morgan fingerprint density at radius 3 is 3.00 bits per heavy atom. The minimum atomic E-state index is 0.233. The molecular formula is C13H19ClN2O. The van der Waals surface area contributed by atoms with Crippen LogP contribution in [0.3, 0.4) is 0 Å². The minimum absolute atomic E-state index is 0.233. The maximum Gasteiger partial charge on any atom is 0.0723 e. The van der Waals surface area contributed by atoms with Crippen LogP contribution in [-0.2, 0) is 4.74 Å². The first-order valence-corrected chi connectivity index (χ1v) is 6.43. The van der Waals surface area contributed by atoms with Crippen molar-refractivity contribution in [2.24, 2.45) is 0 Å². The summed E-state index contributed by atoms with van der Waals surface area (Å²) in [7, 11) is 0. The van der Waals surface area contributed by atoms with Crippen molar-refractivity contribution < 1.29 is 4.74 Å². The quantitative estimate of drug-likeness (QED) is 0.825. The predicted octanol–water partition coefficient (Wildman–Crippen LogP) is 2.93. The number of hydrogen-bond acceptors (Lipinski definition) is 3. The summed E-state index contributed by atoms with van der Waals surface area (Å²) in [4.78, 5) is 2.31. The van der Waals surface area contributed by atoms with Gasteiger partial charge in [-0.1, -0.05) is 18.5 Å². The molecule has 2 rings (SSSR count). The van der Waals surface area contributed by atoms with Gasteiger partial charge in [0.1, 0.15) is 0 Å². The molecule has 3 nitrogen and oxygen atoms in total. The van der Waals surface area contributed by atoms with E-state index in [2.05, 4.69) is 18.7 Å². The molecule has 1 heterocycles. The molecular weight excluding hydrogens is 236 g/mol. The largest absolute Gasteiger partial charge is 0.397 e. The molecule has 1 fully saturated rings. The third-order valence-electron chi connectivity index (χ3n) is 3.24. The Hall–Kier alpha value is -0.930. The van der Waals surface area contributed by atoms with Crippen molar-refractivity contribution in [2.75, 3.05) is 23.8 Å². The van der Waals surface area contributed by atoms with Crippen molar-refractivity contribution in [1.82, 2.24) is 0 Å². The lowest BCUT2D eigenvalue weighted by Gasteiger charge is -2.40. The summed E-state index contributed by atoms with van der Waals surface area (Å²) in [5, 5.41) is 0.725. The Balaban J connectivity index is 2.31.